The molecular weight excluding hydrogens is 618 g/mol. The minimum atomic E-state index is -0.959. The molecule has 4 aromatic carbocycles. The van der Waals surface area contributed by atoms with Crippen LogP contribution in [0.1, 0.15) is 65.3 Å². The number of amides is 1. The number of carbonyl (C=O) groups is 3. The Bertz CT molecular complexity index is 1690. The molecule has 5 rings (SSSR count). The summed E-state index contributed by atoms with van der Waals surface area (Å²) in [5, 5.41) is 21.6. The van der Waals surface area contributed by atoms with Crippen molar-refractivity contribution in [2.45, 2.75) is 62.9 Å². The highest BCUT2D eigenvalue weighted by atomic mass is 32.2. The molecule has 1 heterocycles. The van der Waals surface area contributed by atoms with E-state index in [9.17, 15) is 24.6 Å². The van der Waals surface area contributed by atoms with E-state index in [1.165, 1.54) is 13.8 Å². The van der Waals surface area contributed by atoms with E-state index in [4.69, 9.17) is 14.2 Å². The van der Waals surface area contributed by atoms with Crippen LogP contribution in [-0.2, 0) is 37.0 Å². The van der Waals surface area contributed by atoms with Crippen LogP contribution in [0, 0.1) is 0 Å². The monoisotopic (exact) mass is 655 g/mol. The largest absolute Gasteiger partial charge is 0.478 e. The summed E-state index contributed by atoms with van der Waals surface area (Å²) in [6.45, 7) is 3.04. The van der Waals surface area contributed by atoms with Crippen molar-refractivity contribution in [2.75, 3.05) is 5.75 Å². The number of hydrogen-bond acceptors (Lipinski definition) is 8. The molecule has 0 aliphatic carbocycles. The molecule has 0 radical (unpaired) electrons. The molecular formula is C37H37NO8S. The highest BCUT2D eigenvalue weighted by molar-refractivity contribution is 7.99. The van der Waals surface area contributed by atoms with Crippen LogP contribution >= 0.6 is 11.8 Å². The van der Waals surface area contributed by atoms with Crippen molar-refractivity contribution in [3.05, 3.63) is 125 Å². The first-order chi connectivity index (χ1) is 22.7. The molecule has 244 valence electrons. The van der Waals surface area contributed by atoms with Gasteiger partial charge in [0.25, 0.3) is 5.91 Å². The fourth-order valence-electron chi connectivity index (χ4n) is 5.27. The number of aliphatic hydroxyl groups is 1. The molecule has 4 unspecified atom stereocenters. The molecule has 0 saturated carbocycles. The third-order valence-corrected chi connectivity index (χ3v) is 8.89. The topological polar surface area (TPSA) is 131 Å². The number of carboxylic acid groups (broad SMARTS) is 1. The summed E-state index contributed by atoms with van der Waals surface area (Å²) < 4.78 is 18.0. The van der Waals surface area contributed by atoms with Crippen LogP contribution < -0.4 is 5.32 Å². The van der Waals surface area contributed by atoms with E-state index in [0.29, 0.717) is 12.2 Å². The Hall–Kier alpha value is -4.48. The van der Waals surface area contributed by atoms with Gasteiger partial charge in [-0.2, -0.15) is 0 Å². The minimum Gasteiger partial charge on any atom is -0.478 e. The Morgan fingerprint density at radius 1 is 0.894 bits per heavy atom. The number of hydrogen-bond donors (Lipinski definition) is 3. The molecule has 3 N–H and O–H groups in total. The smallest absolute Gasteiger partial charge is 0.335 e. The van der Waals surface area contributed by atoms with Gasteiger partial charge in [-0.15, -0.1) is 11.8 Å². The molecule has 1 aliphatic heterocycles. The summed E-state index contributed by atoms with van der Waals surface area (Å²) in [7, 11) is 0. The third kappa shape index (κ3) is 9.30. The van der Waals surface area contributed by atoms with Crippen LogP contribution in [0.3, 0.4) is 0 Å². The van der Waals surface area contributed by atoms with Crippen LogP contribution in [0.4, 0.5) is 0 Å². The van der Waals surface area contributed by atoms with Crippen LogP contribution in [0.25, 0.3) is 11.1 Å². The quantitative estimate of drug-likeness (QED) is 0.116. The number of benzene rings is 4. The fraction of sp³-hybridized carbons (Fsp3) is 0.270. The lowest BCUT2D eigenvalue weighted by Gasteiger charge is -2.36. The van der Waals surface area contributed by atoms with Crippen molar-refractivity contribution in [1.82, 2.24) is 5.32 Å². The SMILES string of the molecule is CC(=O)OC(C)C(=O)NCc1cccc(-c2cccc(C3OC(CSc4ccc(C(=O)O)cc4)CC(c4ccc(CO)cc4)O3)c2)c1. The molecule has 1 amide bonds. The van der Waals surface area contributed by atoms with Crippen LogP contribution in [0.5, 0.6) is 0 Å². The Kier molecular flexibility index (Phi) is 11.4. The predicted octanol–water partition coefficient (Wildman–Crippen LogP) is 6.45. The van der Waals surface area contributed by atoms with E-state index >= 15 is 0 Å². The number of thioether (sulfide) groups is 1. The van der Waals surface area contributed by atoms with E-state index in [0.717, 1.165) is 38.3 Å². The number of aromatic carboxylic acids is 1. The van der Waals surface area contributed by atoms with Gasteiger partial charge in [0.05, 0.1) is 24.4 Å². The molecule has 4 atom stereocenters. The van der Waals surface area contributed by atoms with E-state index in [1.54, 1.807) is 36.0 Å². The van der Waals surface area contributed by atoms with Crippen molar-refractivity contribution in [2.24, 2.45) is 0 Å². The Morgan fingerprint density at radius 2 is 1.60 bits per heavy atom. The Labute approximate surface area is 277 Å². The number of carbonyl (C=O) groups excluding carboxylic acids is 2. The molecule has 1 fully saturated rings. The zero-order valence-electron chi connectivity index (χ0n) is 26.1. The number of ether oxygens (including phenoxy) is 3. The minimum absolute atomic E-state index is 0.0365. The lowest BCUT2D eigenvalue weighted by molar-refractivity contribution is -0.245. The number of nitrogens with one attached hydrogen (secondary N) is 1. The fourth-order valence-corrected chi connectivity index (χ4v) is 6.19. The van der Waals surface area contributed by atoms with E-state index < -0.39 is 24.3 Å². The second kappa shape index (κ2) is 15.9. The first-order valence-electron chi connectivity index (χ1n) is 15.3. The predicted molar refractivity (Wildman–Crippen MR) is 177 cm³/mol. The Balaban J connectivity index is 1.33. The maximum absolute atomic E-state index is 12.3. The molecule has 0 bridgehead atoms. The van der Waals surface area contributed by atoms with E-state index in [-0.39, 0.29) is 36.8 Å². The molecule has 47 heavy (non-hydrogen) atoms. The zero-order valence-corrected chi connectivity index (χ0v) is 26.9. The van der Waals surface area contributed by atoms with Gasteiger partial charge in [0.15, 0.2) is 12.4 Å². The van der Waals surface area contributed by atoms with Crippen LogP contribution in [0.2, 0.25) is 0 Å². The molecule has 0 aromatic heterocycles. The summed E-state index contributed by atoms with van der Waals surface area (Å²) in [6, 6.07) is 30.4. The standard InChI is InChI=1S/C37H37NO8S/c1-23(44-24(2)40)35(41)38-20-26-5-3-6-29(17-26)30-7-4-8-31(18-30)37-45-32(22-47-33-15-13-28(14-16-33)36(42)43)19-34(46-37)27-11-9-25(21-39)10-12-27/h3-18,23,32,34,37,39H,19-22H2,1-2H3,(H,38,41)(H,42,43). The van der Waals surface area contributed by atoms with Gasteiger partial charge in [-0.1, -0.05) is 60.7 Å². The molecule has 1 aliphatic rings. The second-order valence-corrected chi connectivity index (χ2v) is 12.4. The van der Waals surface area contributed by atoms with Crippen molar-refractivity contribution >= 4 is 29.6 Å². The van der Waals surface area contributed by atoms with Crippen molar-refractivity contribution < 1.29 is 38.8 Å². The first-order valence-corrected chi connectivity index (χ1v) is 16.3. The van der Waals surface area contributed by atoms with Crippen molar-refractivity contribution in [3.8, 4) is 11.1 Å². The second-order valence-electron chi connectivity index (χ2n) is 11.3. The lowest BCUT2D eigenvalue weighted by atomic mass is 9.99. The number of rotatable bonds is 12. The first kappa shape index (κ1) is 33.9. The summed E-state index contributed by atoms with van der Waals surface area (Å²) in [4.78, 5) is 35.7. The third-order valence-electron chi connectivity index (χ3n) is 7.75. The number of carboxylic acids is 1. The van der Waals surface area contributed by atoms with E-state index in [2.05, 4.69) is 5.32 Å². The van der Waals surface area contributed by atoms with Crippen LogP contribution in [-0.4, -0.2) is 46.0 Å². The van der Waals surface area contributed by atoms with Gasteiger partial charge in [-0.25, -0.2) is 4.79 Å². The number of aliphatic hydroxyl groups excluding tert-OH is 1. The molecule has 0 spiro atoms. The Morgan fingerprint density at radius 3 is 2.28 bits per heavy atom. The maximum Gasteiger partial charge on any atom is 0.335 e. The van der Waals surface area contributed by atoms with Gasteiger partial charge in [0.2, 0.25) is 0 Å². The van der Waals surface area contributed by atoms with Gasteiger partial charge in [0.1, 0.15) is 0 Å². The lowest BCUT2D eigenvalue weighted by Crippen LogP contribution is -2.35. The van der Waals surface area contributed by atoms with Crippen LogP contribution in [0.15, 0.2) is 102 Å². The normalized spacial score (nSPS) is 18.2. The highest BCUT2D eigenvalue weighted by Gasteiger charge is 2.32. The number of esters is 1. The van der Waals surface area contributed by atoms with Gasteiger partial charge in [0, 0.05) is 36.1 Å². The van der Waals surface area contributed by atoms with Gasteiger partial charge in [-0.05, 0) is 71.1 Å². The van der Waals surface area contributed by atoms with Crippen molar-refractivity contribution in [3.63, 3.8) is 0 Å². The molecule has 9 nitrogen and oxygen atoms in total. The summed E-state index contributed by atoms with van der Waals surface area (Å²) in [5.74, 6) is -1.20. The van der Waals surface area contributed by atoms with Crippen molar-refractivity contribution in [1.29, 1.82) is 0 Å². The van der Waals surface area contributed by atoms with Gasteiger partial charge < -0.3 is 29.7 Å². The van der Waals surface area contributed by atoms with Gasteiger partial charge >= 0.3 is 11.9 Å². The summed E-state index contributed by atoms with van der Waals surface area (Å²) in [5.41, 5.74) is 5.71. The molecule has 10 heteroatoms. The van der Waals surface area contributed by atoms with Gasteiger partial charge in [-0.3, -0.25) is 9.59 Å². The zero-order chi connectivity index (χ0) is 33.3. The maximum atomic E-state index is 12.3. The van der Waals surface area contributed by atoms with E-state index in [1.807, 2.05) is 72.8 Å². The molecule has 4 aromatic rings. The molecule has 1 saturated heterocycles. The average molecular weight is 656 g/mol. The average Bonchev–Trinajstić information content (AvgIpc) is 3.09. The summed E-state index contributed by atoms with van der Waals surface area (Å²) >= 11 is 1.60. The summed E-state index contributed by atoms with van der Waals surface area (Å²) in [6.07, 6.45) is -1.30. The highest BCUT2D eigenvalue weighted by Crippen LogP contribution is 2.40.